The van der Waals surface area contributed by atoms with Crippen LogP contribution in [0.5, 0.6) is 5.75 Å². The highest BCUT2D eigenvalue weighted by atomic mass is 16.5. The van der Waals surface area contributed by atoms with E-state index in [1.165, 1.54) is 5.56 Å². The van der Waals surface area contributed by atoms with Crippen LogP contribution in [0, 0.1) is 11.8 Å². The highest BCUT2D eigenvalue weighted by Gasteiger charge is 2.28. The first kappa shape index (κ1) is 29.7. The summed E-state index contributed by atoms with van der Waals surface area (Å²) in [5.74, 6) is 1.92. The summed E-state index contributed by atoms with van der Waals surface area (Å²) in [6, 6.07) is 23.8. The van der Waals surface area contributed by atoms with E-state index in [0.717, 1.165) is 82.6 Å². The van der Waals surface area contributed by atoms with Gasteiger partial charge in [-0.05, 0) is 98.4 Å². The molecule has 222 valence electrons. The van der Waals surface area contributed by atoms with Gasteiger partial charge in [-0.2, -0.15) is 0 Å². The normalized spacial score (nSPS) is 16.3. The molecule has 0 unspecified atom stereocenters. The summed E-state index contributed by atoms with van der Waals surface area (Å²) in [6.45, 7) is 8.47. The number of rotatable bonds is 10. The Morgan fingerprint density at radius 3 is 2.29 bits per heavy atom. The van der Waals surface area contributed by atoms with Crippen molar-refractivity contribution in [2.45, 2.75) is 58.8 Å². The molecule has 3 aromatic carbocycles. The average Bonchev–Trinajstić information content (AvgIpc) is 3.02. The smallest absolute Gasteiger partial charge is 0.256 e. The minimum Gasteiger partial charge on any atom is -0.494 e. The molecule has 2 aliphatic heterocycles. The van der Waals surface area contributed by atoms with Crippen molar-refractivity contribution in [3.8, 4) is 5.75 Å². The minimum absolute atomic E-state index is 0.0630. The van der Waals surface area contributed by atoms with Gasteiger partial charge in [0.25, 0.3) is 11.8 Å². The molecule has 0 spiro atoms. The van der Waals surface area contributed by atoms with E-state index in [1.807, 2.05) is 35.2 Å². The highest BCUT2D eigenvalue weighted by molar-refractivity contribution is 6.06. The molecule has 5 rings (SSSR count). The van der Waals surface area contributed by atoms with E-state index in [4.69, 9.17) is 4.74 Å². The van der Waals surface area contributed by atoms with E-state index in [-0.39, 0.29) is 11.8 Å². The molecule has 0 atom stereocenters. The zero-order chi connectivity index (χ0) is 29.3. The second-order valence-electron chi connectivity index (χ2n) is 12.0. The number of carbonyl (C=O) groups excluding carboxylic acids is 2. The SMILES string of the molecule is CCCCOc1ccc(C(=O)Nc2ccc(N3CCC(Cc4ccccc4)CC3)c(C(=O)N3CCC(C)CC3)c2)cc1. The standard InChI is InChI=1S/C36H45N3O3/c1-3-4-24-42-32-13-10-30(11-14-32)35(40)37-31-12-15-34(33(26-31)36(41)39-20-16-27(2)17-21-39)38-22-18-29(19-23-38)25-28-8-6-5-7-9-28/h5-15,26-27,29H,3-4,16-25H2,1-2H3,(H,37,40). The Morgan fingerprint density at radius 1 is 0.881 bits per heavy atom. The zero-order valence-electron chi connectivity index (χ0n) is 25.2. The number of amides is 2. The number of nitrogens with one attached hydrogen (secondary N) is 1. The number of nitrogens with zero attached hydrogens (tertiary/aromatic N) is 2. The van der Waals surface area contributed by atoms with Crippen molar-refractivity contribution in [3.05, 3.63) is 89.5 Å². The monoisotopic (exact) mass is 567 g/mol. The molecular formula is C36H45N3O3. The van der Waals surface area contributed by atoms with Gasteiger partial charge >= 0.3 is 0 Å². The number of piperidine rings is 2. The lowest BCUT2D eigenvalue weighted by molar-refractivity contribution is 0.0697. The maximum atomic E-state index is 13.9. The van der Waals surface area contributed by atoms with Crippen LogP contribution < -0.4 is 15.0 Å². The molecule has 2 aliphatic rings. The van der Waals surface area contributed by atoms with Crippen LogP contribution in [0.3, 0.4) is 0 Å². The molecule has 2 saturated heterocycles. The summed E-state index contributed by atoms with van der Waals surface area (Å²) in [5.41, 5.74) is 4.25. The summed E-state index contributed by atoms with van der Waals surface area (Å²) >= 11 is 0. The minimum atomic E-state index is -0.199. The van der Waals surface area contributed by atoms with Crippen molar-refractivity contribution in [2.75, 3.05) is 43.0 Å². The number of anilines is 2. The number of likely N-dealkylation sites (tertiary alicyclic amines) is 1. The summed E-state index contributed by atoms with van der Waals surface area (Å²) in [7, 11) is 0. The zero-order valence-corrected chi connectivity index (χ0v) is 25.2. The highest BCUT2D eigenvalue weighted by Crippen LogP contribution is 2.32. The lowest BCUT2D eigenvalue weighted by Crippen LogP contribution is -2.40. The van der Waals surface area contributed by atoms with Gasteiger partial charge in [0, 0.05) is 43.1 Å². The molecular weight excluding hydrogens is 522 g/mol. The van der Waals surface area contributed by atoms with Crippen molar-refractivity contribution >= 4 is 23.2 Å². The maximum absolute atomic E-state index is 13.9. The van der Waals surface area contributed by atoms with Crippen molar-refractivity contribution in [1.29, 1.82) is 0 Å². The van der Waals surface area contributed by atoms with E-state index in [0.29, 0.717) is 35.3 Å². The lowest BCUT2D eigenvalue weighted by atomic mass is 9.89. The van der Waals surface area contributed by atoms with Crippen LogP contribution in [0.15, 0.2) is 72.8 Å². The number of carbonyl (C=O) groups is 2. The largest absolute Gasteiger partial charge is 0.494 e. The van der Waals surface area contributed by atoms with Crippen LogP contribution in [0.2, 0.25) is 0 Å². The van der Waals surface area contributed by atoms with Crippen molar-refractivity contribution in [3.63, 3.8) is 0 Å². The Morgan fingerprint density at radius 2 is 1.60 bits per heavy atom. The molecule has 2 fully saturated rings. The summed E-state index contributed by atoms with van der Waals surface area (Å²) < 4.78 is 5.73. The molecule has 1 N–H and O–H groups in total. The second-order valence-corrected chi connectivity index (χ2v) is 12.0. The van der Waals surface area contributed by atoms with Gasteiger partial charge in [0.05, 0.1) is 12.2 Å². The third-order valence-electron chi connectivity index (χ3n) is 8.76. The number of hydrogen-bond donors (Lipinski definition) is 1. The third-order valence-corrected chi connectivity index (χ3v) is 8.76. The van der Waals surface area contributed by atoms with E-state index in [2.05, 4.69) is 54.4 Å². The predicted octanol–water partition coefficient (Wildman–Crippen LogP) is 7.45. The Labute approximate surface area is 251 Å². The summed E-state index contributed by atoms with van der Waals surface area (Å²) in [5, 5.41) is 3.03. The van der Waals surface area contributed by atoms with Gasteiger partial charge in [-0.15, -0.1) is 0 Å². The fourth-order valence-corrected chi connectivity index (χ4v) is 6.01. The van der Waals surface area contributed by atoms with Gasteiger partial charge in [0.2, 0.25) is 0 Å². The number of benzene rings is 3. The van der Waals surface area contributed by atoms with Crippen molar-refractivity contribution in [1.82, 2.24) is 4.90 Å². The van der Waals surface area contributed by atoms with Crippen LogP contribution in [0.4, 0.5) is 11.4 Å². The third kappa shape index (κ3) is 7.72. The van der Waals surface area contributed by atoms with Gasteiger partial charge in [-0.3, -0.25) is 9.59 Å². The van der Waals surface area contributed by atoms with E-state index in [9.17, 15) is 9.59 Å². The molecule has 0 radical (unpaired) electrons. The van der Waals surface area contributed by atoms with Gasteiger partial charge in [-0.25, -0.2) is 0 Å². The van der Waals surface area contributed by atoms with Crippen LogP contribution in [-0.2, 0) is 6.42 Å². The molecule has 2 heterocycles. The Bertz CT molecular complexity index is 1310. The molecule has 0 saturated carbocycles. The first-order valence-corrected chi connectivity index (χ1v) is 15.8. The van der Waals surface area contributed by atoms with Gasteiger partial charge in [-0.1, -0.05) is 50.6 Å². The molecule has 0 bridgehead atoms. The first-order valence-electron chi connectivity index (χ1n) is 15.8. The van der Waals surface area contributed by atoms with E-state index in [1.54, 1.807) is 12.1 Å². The molecule has 0 aromatic heterocycles. The summed E-state index contributed by atoms with van der Waals surface area (Å²) in [4.78, 5) is 31.4. The summed E-state index contributed by atoms with van der Waals surface area (Å²) in [6.07, 6.45) is 7.43. The fourth-order valence-electron chi connectivity index (χ4n) is 6.01. The van der Waals surface area contributed by atoms with Crippen LogP contribution in [0.25, 0.3) is 0 Å². The van der Waals surface area contributed by atoms with Crippen molar-refractivity contribution < 1.29 is 14.3 Å². The average molecular weight is 568 g/mol. The van der Waals surface area contributed by atoms with Gasteiger partial charge in [0.15, 0.2) is 0 Å². The second kappa shape index (κ2) is 14.4. The quantitative estimate of drug-likeness (QED) is 0.259. The van der Waals surface area contributed by atoms with Crippen LogP contribution in [0.1, 0.15) is 78.7 Å². The molecule has 6 heteroatoms. The molecule has 0 aliphatic carbocycles. The fraction of sp³-hybridized carbons (Fsp3) is 0.444. The van der Waals surface area contributed by atoms with Crippen molar-refractivity contribution in [2.24, 2.45) is 11.8 Å². The molecule has 3 aromatic rings. The maximum Gasteiger partial charge on any atom is 0.256 e. The first-order chi connectivity index (χ1) is 20.5. The van der Waals surface area contributed by atoms with Gasteiger partial charge in [0.1, 0.15) is 5.75 Å². The predicted molar refractivity (Wildman–Crippen MR) is 171 cm³/mol. The molecule has 42 heavy (non-hydrogen) atoms. The molecule has 2 amide bonds. The number of unbranched alkanes of at least 4 members (excludes halogenated alkanes) is 1. The van der Waals surface area contributed by atoms with E-state index < -0.39 is 0 Å². The Kier molecular flexibility index (Phi) is 10.2. The van der Waals surface area contributed by atoms with Gasteiger partial charge < -0.3 is 19.9 Å². The number of ether oxygens (including phenoxy) is 1. The Hall–Kier alpha value is -3.80. The van der Waals surface area contributed by atoms with Crippen LogP contribution in [-0.4, -0.2) is 49.5 Å². The van der Waals surface area contributed by atoms with Crippen LogP contribution >= 0.6 is 0 Å². The topological polar surface area (TPSA) is 61.9 Å². The lowest BCUT2D eigenvalue weighted by Gasteiger charge is -2.36. The molecule has 6 nitrogen and oxygen atoms in total. The Balaban J connectivity index is 1.30. The number of hydrogen-bond acceptors (Lipinski definition) is 4. The van der Waals surface area contributed by atoms with E-state index >= 15 is 0 Å².